The lowest BCUT2D eigenvalue weighted by molar-refractivity contribution is 0.393. The maximum Gasteiger partial charge on any atom is 0.143 e. The van der Waals surface area contributed by atoms with Gasteiger partial charge in [-0.1, -0.05) is 23.4 Å². The molecular weight excluding hydrogens is 338 g/mol. The van der Waals surface area contributed by atoms with Gasteiger partial charge < -0.3 is 14.2 Å². The van der Waals surface area contributed by atoms with Gasteiger partial charge in [0.25, 0.3) is 0 Å². The normalized spacial score (nSPS) is 12.1. The summed E-state index contributed by atoms with van der Waals surface area (Å²) in [6.07, 6.45) is 0. The second-order valence-corrected chi connectivity index (χ2v) is 6.60. The van der Waals surface area contributed by atoms with E-state index in [-0.39, 0.29) is 5.75 Å². The van der Waals surface area contributed by atoms with Crippen molar-refractivity contribution in [3.63, 3.8) is 0 Å². The van der Waals surface area contributed by atoms with E-state index < -0.39 is 0 Å². The fraction of sp³-hybridized carbons (Fsp3) is 0.182. The molecule has 0 unspecified atom stereocenters. The van der Waals surface area contributed by atoms with E-state index >= 15 is 0 Å². The summed E-state index contributed by atoms with van der Waals surface area (Å²) in [5.41, 5.74) is 6.83. The number of fused-ring (bicyclic) bond motifs is 1. The van der Waals surface area contributed by atoms with Crippen molar-refractivity contribution in [3.8, 4) is 22.7 Å². The first kappa shape index (κ1) is 17.1. The lowest BCUT2D eigenvalue weighted by Crippen LogP contribution is -2.02. The fourth-order valence-corrected chi connectivity index (χ4v) is 3.65. The Morgan fingerprint density at radius 3 is 2.41 bits per heavy atom. The van der Waals surface area contributed by atoms with E-state index in [4.69, 9.17) is 4.52 Å². The van der Waals surface area contributed by atoms with Gasteiger partial charge in [0.15, 0.2) is 0 Å². The molecule has 136 valence electrons. The Hall–Kier alpha value is -3.34. The van der Waals surface area contributed by atoms with E-state index in [1.807, 2.05) is 45.0 Å². The van der Waals surface area contributed by atoms with Crippen LogP contribution in [0.5, 0.6) is 5.75 Å². The molecule has 2 heterocycles. The highest BCUT2D eigenvalue weighted by atomic mass is 16.5. The van der Waals surface area contributed by atoms with E-state index in [0.717, 1.165) is 50.6 Å². The molecular formula is C22H21N3O2. The zero-order chi connectivity index (χ0) is 19.1. The summed E-state index contributed by atoms with van der Waals surface area (Å²) in [6.45, 7) is 5.90. The predicted octanol–water partition coefficient (Wildman–Crippen LogP) is 5.05. The Labute approximate surface area is 157 Å². The largest absolute Gasteiger partial charge is 0.508 e. The van der Waals surface area contributed by atoms with Crippen molar-refractivity contribution < 1.29 is 9.63 Å². The van der Waals surface area contributed by atoms with Crippen molar-refractivity contribution >= 4 is 16.6 Å². The number of hydrogen-bond acceptors (Lipinski definition) is 4. The number of aromatic nitrogens is 2. The van der Waals surface area contributed by atoms with Gasteiger partial charge in [-0.3, -0.25) is 4.99 Å². The summed E-state index contributed by atoms with van der Waals surface area (Å²) < 4.78 is 7.67. The van der Waals surface area contributed by atoms with Crippen LogP contribution < -0.4 is 0 Å². The molecule has 0 aliphatic rings. The quantitative estimate of drug-likeness (QED) is 0.521. The third-order valence-electron chi connectivity index (χ3n) is 4.95. The number of nitrogens with zero attached hydrogens (tertiary/aromatic N) is 3. The molecule has 0 atom stereocenters. The number of aryl methyl sites for hydroxylation is 2. The van der Waals surface area contributed by atoms with E-state index in [1.165, 1.54) is 0 Å². The number of phenols is 1. The Bertz CT molecular complexity index is 1140. The van der Waals surface area contributed by atoms with Crippen LogP contribution in [0.2, 0.25) is 0 Å². The van der Waals surface area contributed by atoms with Crippen LogP contribution in [0.1, 0.15) is 23.9 Å². The third-order valence-corrected chi connectivity index (χ3v) is 4.95. The van der Waals surface area contributed by atoms with Crippen molar-refractivity contribution in [2.75, 3.05) is 7.05 Å². The predicted molar refractivity (Wildman–Crippen MR) is 108 cm³/mol. The van der Waals surface area contributed by atoms with Gasteiger partial charge in [-0.15, -0.1) is 0 Å². The first-order valence-electron chi connectivity index (χ1n) is 8.82. The highest BCUT2D eigenvalue weighted by Crippen LogP contribution is 2.39. The molecule has 0 fully saturated rings. The number of para-hydroxylation sites is 1. The highest BCUT2D eigenvalue weighted by Gasteiger charge is 2.25. The van der Waals surface area contributed by atoms with Crippen molar-refractivity contribution in [1.82, 2.24) is 9.72 Å². The molecule has 0 saturated carbocycles. The number of aromatic hydroxyl groups is 1. The Morgan fingerprint density at radius 1 is 1.07 bits per heavy atom. The van der Waals surface area contributed by atoms with Crippen molar-refractivity contribution in [1.29, 1.82) is 0 Å². The molecule has 0 aliphatic carbocycles. The van der Waals surface area contributed by atoms with Gasteiger partial charge in [0, 0.05) is 29.4 Å². The molecule has 5 nitrogen and oxygen atoms in total. The van der Waals surface area contributed by atoms with E-state index in [2.05, 4.69) is 26.8 Å². The molecule has 27 heavy (non-hydrogen) atoms. The number of hydrogen-bond donors (Lipinski definition) is 1. The van der Waals surface area contributed by atoms with E-state index in [1.54, 1.807) is 19.2 Å². The maximum atomic E-state index is 9.74. The molecule has 4 rings (SSSR count). The zero-order valence-corrected chi connectivity index (χ0v) is 15.8. The Kier molecular flexibility index (Phi) is 4.07. The van der Waals surface area contributed by atoms with Crippen LogP contribution in [0.3, 0.4) is 0 Å². The van der Waals surface area contributed by atoms with Crippen molar-refractivity contribution in [2.24, 2.45) is 4.99 Å². The first-order valence-corrected chi connectivity index (χ1v) is 8.82. The molecule has 0 amide bonds. The summed E-state index contributed by atoms with van der Waals surface area (Å²) in [5.74, 6) is 1.00. The number of phenolic OH excluding ortho intramolecular Hbond substituents is 1. The molecule has 1 N–H and O–H groups in total. The van der Waals surface area contributed by atoms with Crippen LogP contribution in [-0.2, 0) is 0 Å². The molecule has 4 aromatic rings. The number of rotatable bonds is 3. The summed E-state index contributed by atoms with van der Waals surface area (Å²) in [5, 5.41) is 15.0. The second kappa shape index (κ2) is 6.43. The molecule has 2 aromatic heterocycles. The lowest BCUT2D eigenvalue weighted by Gasteiger charge is -2.13. The topological polar surface area (TPSA) is 63.5 Å². The zero-order valence-electron chi connectivity index (χ0n) is 15.8. The van der Waals surface area contributed by atoms with Gasteiger partial charge in [0.05, 0.1) is 22.5 Å². The van der Waals surface area contributed by atoms with Crippen LogP contribution in [0, 0.1) is 13.8 Å². The average molecular weight is 359 g/mol. The van der Waals surface area contributed by atoms with E-state index in [9.17, 15) is 5.11 Å². The van der Waals surface area contributed by atoms with Gasteiger partial charge in [0.1, 0.15) is 11.5 Å². The van der Waals surface area contributed by atoms with Crippen LogP contribution in [0.15, 0.2) is 58.0 Å². The fourth-order valence-electron chi connectivity index (χ4n) is 3.65. The molecule has 5 heteroatoms. The summed E-state index contributed by atoms with van der Waals surface area (Å²) in [6, 6.07) is 15.5. The first-order chi connectivity index (χ1) is 13.0. The minimum absolute atomic E-state index is 0.237. The smallest absolute Gasteiger partial charge is 0.143 e. The second-order valence-electron chi connectivity index (χ2n) is 6.60. The van der Waals surface area contributed by atoms with Gasteiger partial charge >= 0.3 is 0 Å². The highest BCUT2D eigenvalue weighted by molar-refractivity contribution is 6.15. The standard InChI is InChI=1S/C22H21N3O2/c1-13(23-4)21-18-7-5-6-8-19(18)25(16-9-11-17(26)12-10-16)22(21)20-14(2)24-27-15(20)3/h5-12,26H,1-4H3. The van der Waals surface area contributed by atoms with Gasteiger partial charge in [-0.2, -0.15) is 0 Å². The van der Waals surface area contributed by atoms with E-state index in [0.29, 0.717) is 0 Å². The Balaban J connectivity index is 2.22. The molecule has 0 spiro atoms. The van der Waals surface area contributed by atoms with Gasteiger partial charge in [-0.05, 0) is 51.1 Å². The van der Waals surface area contributed by atoms with Crippen molar-refractivity contribution in [3.05, 3.63) is 65.5 Å². The van der Waals surface area contributed by atoms with Crippen LogP contribution in [-0.4, -0.2) is 27.6 Å². The number of aliphatic imine (C=N–C) groups is 1. The molecule has 0 aliphatic heterocycles. The summed E-state index contributed by atoms with van der Waals surface area (Å²) in [7, 11) is 1.80. The molecule has 0 radical (unpaired) electrons. The maximum absolute atomic E-state index is 9.74. The van der Waals surface area contributed by atoms with Crippen LogP contribution >= 0.6 is 0 Å². The van der Waals surface area contributed by atoms with Gasteiger partial charge in [-0.25, -0.2) is 0 Å². The van der Waals surface area contributed by atoms with Crippen molar-refractivity contribution in [2.45, 2.75) is 20.8 Å². The van der Waals surface area contributed by atoms with Crippen LogP contribution in [0.4, 0.5) is 0 Å². The Morgan fingerprint density at radius 2 is 1.78 bits per heavy atom. The number of benzene rings is 2. The minimum atomic E-state index is 0.237. The third kappa shape index (κ3) is 2.63. The lowest BCUT2D eigenvalue weighted by atomic mass is 10.0. The molecule has 2 aromatic carbocycles. The molecule has 0 bridgehead atoms. The monoisotopic (exact) mass is 359 g/mol. The SMILES string of the molecule is CN=C(C)c1c(-c2c(C)noc2C)n(-c2ccc(O)cc2)c2ccccc12. The minimum Gasteiger partial charge on any atom is -0.508 e. The molecule has 0 saturated heterocycles. The van der Waals surface area contributed by atoms with Crippen LogP contribution in [0.25, 0.3) is 27.8 Å². The van der Waals surface area contributed by atoms with Gasteiger partial charge in [0.2, 0.25) is 0 Å². The summed E-state index contributed by atoms with van der Waals surface area (Å²) in [4.78, 5) is 4.47. The average Bonchev–Trinajstić information content (AvgIpc) is 3.18. The summed E-state index contributed by atoms with van der Waals surface area (Å²) >= 11 is 0.